The second-order valence-corrected chi connectivity index (χ2v) is 4.50. The molecule has 3 heteroatoms. The molecule has 80 valence electrons. The summed E-state index contributed by atoms with van der Waals surface area (Å²) in [4.78, 5) is 8.86. The van der Waals surface area contributed by atoms with Crippen molar-refractivity contribution in [1.29, 1.82) is 0 Å². The predicted molar refractivity (Wildman–Crippen MR) is 61.2 cm³/mol. The summed E-state index contributed by atoms with van der Waals surface area (Å²) in [6.45, 7) is 8.65. The molecule has 0 bridgehead atoms. The molecule has 0 aliphatic rings. The molecular formula is C12H17N3. The maximum atomic E-state index is 4.46. The third kappa shape index (κ3) is 1.62. The SMILES string of the molecule is CC(C)c1nccn2c(C(C)C)cnc12. The number of nitrogens with zero attached hydrogens (tertiary/aromatic N) is 3. The Balaban J connectivity index is 2.69. The van der Waals surface area contributed by atoms with Crippen molar-refractivity contribution in [2.24, 2.45) is 0 Å². The van der Waals surface area contributed by atoms with Crippen LogP contribution in [0.3, 0.4) is 0 Å². The minimum absolute atomic E-state index is 0.413. The van der Waals surface area contributed by atoms with Gasteiger partial charge in [0.2, 0.25) is 0 Å². The molecule has 15 heavy (non-hydrogen) atoms. The molecule has 2 heterocycles. The number of rotatable bonds is 2. The maximum Gasteiger partial charge on any atom is 0.159 e. The first-order valence-corrected chi connectivity index (χ1v) is 5.43. The van der Waals surface area contributed by atoms with Crippen LogP contribution in [0, 0.1) is 0 Å². The van der Waals surface area contributed by atoms with E-state index >= 15 is 0 Å². The van der Waals surface area contributed by atoms with Gasteiger partial charge in [-0.15, -0.1) is 0 Å². The standard InChI is InChI=1S/C12H17N3/c1-8(2)10-7-14-12-11(9(3)4)13-5-6-15(10)12/h5-9H,1-4H3. The number of imidazole rings is 1. The van der Waals surface area contributed by atoms with E-state index in [0.717, 1.165) is 11.3 Å². The average Bonchev–Trinajstić information content (AvgIpc) is 2.59. The highest BCUT2D eigenvalue weighted by Crippen LogP contribution is 2.21. The van der Waals surface area contributed by atoms with Gasteiger partial charge in [0.05, 0.1) is 5.69 Å². The number of aromatic nitrogens is 3. The van der Waals surface area contributed by atoms with E-state index in [1.807, 2.05) is 18.6 Å². The predicted octanol–water partition coefficient (Wildman–Crippen LogP) is 2.98. The molecule has 2 aromatic rings. The van der Waals surface area contributed by atoms with Crippen LogP contribution >= 0.6 is 0 Å². The van der Waals surface area contributed by atoms with Crippen molar-refractivity contribution in [3.8, 4) is 0 Å². The van der Waals surface area contributed by atoms with Gasteiger partial charge in [0, 0.05) is 24.3 Å². The summed E-state index contributed by atoms with van der Waals surface area (Å²) in [6, 6.07) is 0. The summed E-state index contributed by atoms with van der Waals surface area (Å²) in [7, 11) is 0. The molecule has 0 aliphatic heterocycles. The van der Waals surface area contributed by atoms with Crippen molar-refractivity contribution in [1.82, 2.24) is 14.4 Å². The van der Waals surface area contributed by atoms with Crippen LogP contribution in [-0.2, 0) is 0 Å². The fourth-order valence-electron chi connectivity index (χ4n) is 1.79. The van der Waals surface area contributed by atoms with Crippen molar-refractivity contribution in [3.05, 3.63) is 30.0 Å². The molecule has 0 saturated heterocycles. The second kappa shape index (κ2) is 3.65. The highest BCUT2D eigenvalue weighted by Gasteiger charge is 2.12. The van der Waals surface area contributed by atoms with Crippen LogP contribution in [0.2, 0.25) is 0 Å². The lowest BCUT2D eigenvalue weighted by Gasteiger charge is -2.08. The Morgan fingerprint density at radius 3 is 2.40 bits per heavy atom. The molecule has 0 spiro atoms. The molecule has 0 aromatic carbocycles. The zero-order chi connectivity index (χ0) is 11.0. The molecule has 0 unspecified atom stereocenters. The molecule has 0 N–H and O–H groups in total. The normalized spacial score (nSPS) is 11.9. The Morgan fingerprint density at radius 1 is 1.07 bits per heavy atom. The van der Waals surface area contributed by atoms with E-state index in [9.17, 15) is 0 Å². The van der Waals surface area contributed by atoms with Gasteiger partial charge in [-0.2, -0.15) is 0 Å². The number of hydrogen-bond acceptors (Lipinski definition) is 2. The quantitative estimate of drug-likeness (QED) is 0.751. The van der Waals surface area contributed by atoms with E-state index in [4.69, 9.17) is 0 Å². The van der Waals surface area contributed by atoms with Gasteiger partial charge in [0.15, 0.2) is 5.65 Å². The summed E-state index contributed by atoms with van der Waals surface area (Å²) < 4.78 is 2.15. The highest BCUT2D eigenvalue weighted by atomic mass is 15.0. The second-order valence-electron chi connectivity index (χ2n) is 4.50. The Hall–Kier alpha value is -1.38. The van der Waals surface area contributed by atoms with Gasteiger partial charge in [0.25, 0.3) is 0 Å². The zero-order valence-corrected chi connectivity index (χ0v) is 9.73. The van der Waals surface area contributed by atoms with Crippen molar-refractivity contribution in [2.75, 3.05) is 0 Å². The minimum Gasteiger partial charge on any atom is -0.301 e. The molecule has 2 rings (SSSR count). The summed E-state index contributed by atoms with van der Waals surface area (Å²) >= 11 is 0. The van der Waals surface area contributed by atoms with E-state index in [1.165, 1.54) is 5.69 Å². The molecular weight excluding hydrogens is 186 g/mol. The first-order chi connectivity index (χ1) is 7.11. The highest BCUT2D eigenvalue weighted by molar-refractivity contribution is 5.47. The van der Waals surface area contributed by atoms with Crippen LogP contribution in [0.5, 0.6) is 0 Å². The number of fused-ring (bicyclic) bond motifs is 1. The Bertz CT molecular complexity index is 469. The van der Waals surface area contributed by atoms with Gasteiger partial charge < -0.3 is 4.40 Å². The summed E-state index contributed by atoms with van der Waals surface area (Å²) in [5, 5.41) is 0. The van der Waals surface area contributed by atoms with Crippen molar-refractivity contribution >= 4 is 5.65 Å². The van der Waals surface area contributed by atoms with E-state index in [2.05, 4.69) is 42.1 Å². The van der Waals surface area contributed by atoms with Gasteiger partial charge >= 0.3 is 0 Å². The van der Waals surface area contributed by atoms with Crippen molar-refractivity contribution in [3.63, 3.8) is 0 Å². The monoisotopic (exact) mass is 203 g/mol. The van der Waals surface area contributed by atoms with E-state index in [0.29, 0.717) is 11.8 Å². The smallest absolute Gasteiger partial charge is 0.159 e. The van der Waals surface area contributed by atoms with Crippen LogP contribution in [0.25, 0.3) is 5.65 Å². The summed E-state index contributed by atoms with van der Waals surface area (Å²) in [5.41, 5.74) is 3.31. The van der Waals surface area contributed by atoms with Crippen molar-refractivity contribution in [2.45, 2.75) is 39.5 Å². The van der Waals surface area contributed by atoms with Crippen LogP contribution < -0.4 is 0 Å². The zero-order valence-electron chi connectivity index (χ0n) is 9.73. The largest absolute Gasteiger partial charge is 0.301 e. The molecule has 0 saturated carbocycles. The molecule has 0 atom stereocenters. The third-order valence-corrected chi connectivity index (χ3v) is 2.62. The van der Waals surface area contributed by atoms with E-state index in [1.54, 1.807) is 0 Å². The van der Waals surface area contributed by atoms with Gasteiger partial charge in [0.1, 0.15) is 0 Å². The minimum atomic E-state index is 0.413. The lowest BCUT2D eigenvalue weighted by Crippen LogP contribution is -2.00. The summed E-state index contributed by atoms with van der Waals surface area (Å²) in [6.07, 6.45) is 5.80. The lowest BCUT2D eigenvalue weighted by atomic mass is 10.1. The van der Waals surface area contributed by atoms with Crippen LogP contribution in [0.1, 0.15) is 50.9 Å². The lowest BCUT2D eigenvalue weighted by molar-refractivity contribution is 0.785. The topological polar surface area (TPSA) is 30.2 Å². The van der Waals surface area contributed by atoms with Gasteiger partial charge in [-0.1, -0.05) is 27.7 Å². The molecule has 0 aliphatic carbocycles. The van der Waals surface area contributed by atoms with Gasteiger partial charge in [-0.05, 0) is 11.8 Å². The van der Waals surface area contributed by atoms with Gasteiger partial charge in [-0.25, -0.2) is 4.98 Å². The molecule has 0 amide bonds. The maximum absolute atomic E-state index is 4.46. The summed E-state index contributed by atoms with van der Waals surface area (Å²) in [5.74, 6) is 0.901. The van der Waals surface area contributed by atoms with E-state index < -0.39 is 0 Å². The van der Waals surface area contributed by atoms with Crippen LogP contribution in [0.15, 0.2) is 18.6 Å². The Morgan fingerprint density at radius 2 is 1.80 bits per heavy atom. The third-order valence-electron chi connectivity index (χ3n) is 2.62. The molecule has 2 aromatic heterocycles. The first kappa shape index (κ1) is 10.1. The Kier molecular flexibility index (Phi) is 2.47. The molecule has 0 radical (unpaired) electrons. The first-order valence-electron chi connectivity index (χ1n) is 5.43. The van der Waals surface area contributed by atoms with E-state index in [-0.39, 0.29) is 0 Å². The number of hydrogen-bond donors (Lipinski definition) is 0. The average molecular weight is 203 g/mol. The fraction of sp³-hybridized carbons (Fsp3) is 0.500. The Labute approximate surface area is 90.2 Å². The molecule has 3 nitrogen and oxygen atoms in total. The fourth-order valence-corrected chi connectivity index (χ4v) is 1.79. The van der Waals surface area contributed by atoms with Crippen molar-refractivity contribution < 1.29 is 0 Å². The van der Waals surface area contributed by atoms with Crippen LogP contribution in [0.4, 0.5) is 0 Å². The van der Waals surface area contributed by atoms with Gasteiger partial charge in [-0.3, -0.25) is 4.98 Å². The van der Waals surface area contributed by atoms with Crippen LogP contribution in [-0.4, -0.2) is 14.4 Å². The molecule has 0 fully saturated rings.